The molecule has 0 aromatic rings. The van der Waals surface area contributed by atoms with Crippen molar-refractivity contribution in [2.24, 2.45) is 5.41 Å². The van der Waals surface area contributed by atoms with Gasteiger partial charge in [0.1, 0.15) is 0 Å². The molecule has 0 spiro atoms. The average Bonchev–Trinajstić information content (AvgIpc) is 2.50. The van der Waals surface area contributed by atoms with Gasteiger partial charge in [0, 0.05) is 18.4 Å². The summed E-state index contributed by atoms with van der Waals surface area (Å²) in [5.41, 5.74) is -0.495. The SMILES string of the molecule is CC1(COCCCC(F)(F)C(F)(F)C(F)(F)C(F)(F)C(F)(F)C(F)(F)F)COC1. The van der Waals surface area contributed by atoms with E-state index in [0.29, 0.717) is 0 Å². The second-order valence-corrected chi connectivity index (χ2v) is 6.96. The summed E-state index contributed by atoms with van der Waals surface area (Å²) in [6.45, 7) is 1.29. The standard InChI is InChI=1S/C14H15F13O2/c1-8(6-29-7-8)5-28-4-2-3-9(15,16)10(17,18)11(19,20)12(21,22)13(23,24)14(25,26)27/h2-7H2,1H3. The third-order valence-corrected chi connectivity index (χ3v) is 4.13. The number of alkyl halides is 13. The van der Waals surface area contributed by atoms with Gasteiger partial charge in [0.25, 0.3) is 0 Å². The molecule has 15 heteroatoms. The van der Waals surface area contributed by atoms with Crippen molar-refractivity contribution in [3.8, 4) is 0 Å². The summed E-state index contributed by atoms with van der Waals surface area (Å²) in [5.74, 6) is -36.6. The molecule has 0 unspecified atom stereocenters. The molecule has 0 amide bonds. The Labute approximate surface area is 155 Å². The molecule has 0 saturated carbocycles. The Morgan fingerprint density at radius 1 is 0.724 bits per heavy atom. The van der Waals surface area contributed by atoms with Crippen LogP contribution in [0.3, 0.4) is 0 Å². The van der Waals surface area contributed by atoms with E-state index >= 15 is 0 Å². The van der Waals surface area contributed by atoms with Gasteiger partial charge in [-0.15, -0.1) is 0 Å². The highest BCUT2D eigenvalue weighted by Gasteiger charge is 2.90. The summed E-state index contributed by atoms with van der Waals surface area (Å²) in [6.07, 6.45) is -10.7. The van der Waals surface area contributed by atoms with Crippen molar-refractivity contribution in [1.82, 2.24) is 0 Å². The van der Waals surface area contributed by atoms with E-state index in [1.165, 1.54) is 0 Å². The second kappa shape index (κ2) is 7.61. The molecule has 0 radical (unpaired) electrons. The van der Waals surface area contributed by atoms with Gasteiger partial charge in [0.2, 0.25) is 0 Å². The summed E-state index contributed by atoms with van der Waals surface area (Å²) in [4.78, 5) is 0. The first-order chi connectivity index (χ1) is 12.7. The van der Waals surface area contributed by atoms with Crippen LogP contribution in [0.5, 0.6) is 0 Å². The first-order valence-corrected chi connectivity index (χ1v) is 7.78. The van der Waals surface area contributed by atoms with Crippen molar-refractivity contribution in [2.45, 2.75) is 55.6 Å². The molecule has 29 heavy (non-hydrogen) atoms. The zero-order chi connectivity index (χ0) is 23.2. The monoisotopic (exact) mass is 462 g/mol. The molecule has 0 aliphatic carbocycles. The zero-order valence-corrected chi connectivity index (χ0v) is 14.5. The van der Waals surface area contributed by atoms with Crippen LogP contribution in [0.1, 0.15) is 19.8 Å². The molecule has 1 aliphatic heterocycles. The highest BCUT2D eigenvalue weighted by atomic mass is 19.4. The fourth-order valence-corrected chi connectivity index (χ4v) is 2.21. The van der Waals surface area contributed by atoms with E-state index in [9.17, 15) is 57.1 Å². The summed E-state index contributed by atoms with van der Waals surface area (Å²) in [6, 6.07) is 0. The molecule has 0 aromatic carbocycles. The van der Waals surface area contributed by atoms with Gasteiger partial charge in [-0.1, -0.05) is 6.92 Å². The van der Waals surface area contributed by atoms with Gasteiger partial charge in [0.05, 0.1) is 19.8 Å². The van der Waals surface area contributed by atoms with Gasteiger partial charge >= 0.3 is 35.8 Å². The van der Waals surface area contributed by atoms with Crippen LogP contribution in [-0.4, -0.2) is 62.2 Å². The molecule has 0 N–H and O–H groups in total. The van der Waals surface area contributed by atoms with E-state index < -0.39 is 60.7 Å². The van der Waals surface area contributed by atoms with Crippen LogP contribution in [0.2, 0.25) is 0 Å². The Kier molecular flexibility index (Phi) is 6.83. The molecule has 174 valence electrons. The van der Waals surface area contributed by atoms with Crippen LogP contribution >= 0.6 is 0 Å². The zero-order valence-electron chi connectivity index (χ0n) is 14.5. The molecule has 1 aliphatic rings. The minimum absolute atomic E-state index is 0.0962. The molecular weight excluding hydrogens is 447 g/mol. The molecule has 0 aromatic heterocycles. The average molecular weight is 462 g/mol. The van der Waals surface area contributed by atoms with Crippen LogP contribution in [0.15, 0.2) is 0 Å². The van der Waals surface area contributed by atoms with Crippen molar-refractivity contribution in [2.75, 3.05) is 26.4 Å². The number of hydrogen-bond acceptors (Lipinski definition) is 2. The largest absolute Gasteiger partial charge is 0.460 e. The Morgan fingerprint density at radius 3 is 1.55 bits per heavy atom. The lowest BCUT2D eigenvalue weighted by molar-refractivity contribution is -0.440. The Bertz CT molecular complexity index is 566. The maximum atomic E-state index is 13.5. The van der Waals surface area contributed by atoms with Crippen LogP contribution in [0, 0.1) is 5.41 Å². The van der Waals surface area contributed by atoms with Gasteiger partial charge in [-0.3, -0.25) is 0 Å². The number of halogens is 13. The van der Waals surface area contributed by atoms with E-state index in [1.54, 1.807) is 6.92 Å². The molecule has 1 heterocycles. The van der Waals surface area contributed by atoms with Gasteiger partial charge in [-0.25, -0.2) is 0 Å². The van der Waals surface area contributed by atoms with Gasteiger partial charge in [0.15, 0.2) is 0 Å². The van der Waals surface area contributed by atoms with Crippen LogP contribution in [-0.2, 0) is 9.47 Å². The van der Waals surface area contributed by atoms with Crippen LogP contribution in [0.25, 0.3) is 0 Å². The smallest absolute Gasteiger partial charge is 0.381 e. The first kappa shape index (κ1) is 26.0. The Balaban J connectivity index is 2.89. The summed E-state index contributed by atoms with van der Waals surface area (Å²) in [5, 5.41) is 0. The third-order valence-electron chi connectivity index (χ3n) is 4.13. The summed E-state index contributed by atoms with van der Waals surface area (Å²) in [7, 11) is 0. The molecule has 0 bridgehead atoms. The quantitative estimate of drug-likeness (QED) is 0.313. The van der Waals surface area contributed by atoms with E-state index in [2.05, 4.69) is 0 Å². The fraction of sp³-hybridized carbons (Fsp3) is 1.00. The molecular formula is C14H15F13O2. The van der Waals surface area contributed by atoms with E-state index in [1.807, 2.05) is 0 Å². The summed E-state index contributed by atoms with van der Waals surface area (Å²) < 4.78 is 177. The number of rotatable bonds is 10. The van der Waals surface area contributed by atoms with E-state index in [0.717, 1.165) is 0 Å². The molecule has 1 fully saturated rings. The van der Waals surface area contributed by atoms with Crippen LogP contribution in [0.4, 0.5) is 57.1 Å². The lowest BCUT2D eigenvalue weighted by atomic mass is 9.90. The fourth-order valence-electron chi connectivity index (χ4n) is 2.21. The number of ether oxygens (including phenoxy) is 2. The van der Waals surface area contributed by atoms with E-state index in [4.69, 9.17) is 9.47 Å². The van der Waals surface area contributed by atoms with Gasteiger partial charge < -0.3 is 9.47 Å². The minimum Gasteiger partial charge on any atom is -0.381 e. The van der Waals surface area contributed by atoms with Crippen molar-refractivity contribution < 1.29 is 66.5 Å². The van der Waals surface area contributed by atoms with Gasteiger partial charge in [-0.05, 0) is 6.42 Å². The van der Waals surface area contributed by atoms with Crippen molar-refractivity contribution in [1.29, 1.82) is 0 Å². The van der Waals surface area contributed by atoms with E-state index in [-0.39, 0.29) is 19.8 Å². The van der Waals surface area contributed by atoms with Gasteiger partial charge in [-0.2, -0.15) is 57.1 Å². The Hall–Kier alpha value is -0.990. The molecule has 1 saturated heterocycles. The predicted molar refractivity (Wildman–Crippen MR) is 69.8 cm³/mol. The first-order valence-electron chi connectivity index (χ1n) is 7.78. The summed E-state index contributed by atoms with van der Waals surface area (Å²) >= 11 is 0. The second-order valence-electron chi connectivity index (χ2n) is 6.96. The topological polar surface area (TPSA) is 18.5 Å². The molecule has 1 rings (SSSR count). The highest BCUT2D eigenvalue weighted by Crippen LogP contribution is 2.60. The Morgan fingerprint density at radius 2 is 1.17 bits per heavy atom. The maximum absolute atomic E-state index is 13.5. The number of hydrogen-bond donors (Lipinski definition) is 0. The third kappa shape index (κ3) is 4.39. The van der Waals surface area contributed by atoms with Crippen molar-refractivity contribution in [3.05, 3.63) is 0 Å². The maximum Gasteiger partial charge on any atom is 0.460 e. The lowest BCUT2D eigenvalue weighted by Crippen LogP contribution is -2.70. The highest BCUT2D eigenvalue weighted by molar-refractivity contribution is 5.10. The van der Waals surface area contributed by atoms with Crippen molar-refractivity contribution in [3.63, 3.8) is 0 Å². The van der Waals surface area contributed by atoms with Crippen molar-refractivity contribution >= 4 is 0 Å². The minimum atomic E-state index is -7.86. The molecule has 2 nitrogen and oxygen atoms in total. The predicted octanol–water partition coefficient (Wildman–Crippen LogP) is 5.56. The lowest BCUT2D eigenvalue weighted by Gasteiger charge is -2.40. The normalized spacial score (nSPS) is 19.2. The van der Waals surface area contributed by atoms with Crippen LogP contribution < -0.4 is 0 Å². The molecule has 0 atom stereocenters.